The van der Waals surface area contributed by atoms with Crippen LogP contribution in [-0.4, -0.2) is 30.3 Å². The van der Waals surface area contributed by atoms with Crippen LogP contribution in [0.5, 0.6) is 0 Å². The summed E-state index contributed by atoms with van der Waals surface area (Å²) < 4.78 is 26.9. The molecule has 0 aromatic carbocycles. The molecular weight excluding hydrogens is 286 g/mol. The Hall–Kier alpha value is -0.850. The molecule has 0 radical (unpaired) electrons. The average molecular weight is 302 g/mol. The van der Waals surface area contributed by atoms with Gasteiger partial charge in [0.05, 0.1) is 5.02 Å². The Bertz CT molecular complexity index is 597. The molecule has 0 aliphatic heterocycles. The molecule has 1 aromatic rings. The summed E-state index contributed by atoms with van der Waals surface area (Å²) in [5.74, 6) is 0.674. The number of pyridine rings is 1. The Labute approximate surface area is 117 Å². The van der Waals surface area contributed by atoms with Crippen LogP contribution < -0.4 is 5.73 Å². The lowest BCUT2D eigenvalue weighted by atomic mass is 10.4. The molecule has 7 heteroatoms. The second kappa shape index (κ2) is 4.61. The number of nitrogen functional groups attached to an aromatic ring is 1. The summed E-state index contributed by atoms with van der Waals surface area (Å²) in [6, 6.07) is 1.54. The Morgan fingerprint density at radius 2 is 2.05 bits per heavy atom. The number of nitrogens with two attached hydrogens (primary N) is 1. The summed E-state index contributed by atoms with van der Waals surface area (Å²) in [6.45, 7) is 0.620. The van der Waals surface area contributed by atoms with Crippen LogP contribution in [0.2, 0.25) is 5.02 Å². The summed E-state index contributed by atoms with van der Waals surface area (Å²) >= 11 is 5.87. The molecule has 5 nitrogen and oxygen atoms in total. The van der Waals surface area contributed by atoms with Crippen LogP contribution in [0.15, 0.2) is 17.2 Å². The van der Waals surface area contributed by atoms with Crippen molar-refractivity contribution < 1.29 is 8.42 Å². The molecular formula is C12H16ClN3O2S. The largest absolute Gasteiger partial charge is 0.382 e. The van der Waals surface area contributed by atoms with E-state index in [4.69, 9.17) is 17.3 Å². The van der Waals surface area contributed by atoms with Crippen LogP contribution in [0.25, 0.3) is 0 Å². The third kappa shape index (κ3) is 2.70. The second-order valence-corrected chi connectivity index (χ2v) is 7.59. The third-order valence-electron chi connectivity index (χ3n) is 3.54. The van der Waals surface area contributed by atoms with Crippen molar-refractivity contribution in [2.24, 2.45) is 5.92 Å². The van der Waals surface area contributed by atoms with Crippen LogP contribution in [-0.2, 0) is 10.0 Å². The number of hydrogen-bond acceptors (Lipinski definition) is 4. The smallest absolute Gasteiger partial charge is 0.244 e. The van der Waals surface area contributed by atoms with Gasteiger partial charge in [-0.05, 0) is 37.7 Å². The molecule has 104 valence electrons. The molecule has 2 N–H and O–H groups in total. The van der Waals surface area contributed by atoms with Crippen molar-refractivity contribution in [1.29, 1.82) is 0 Å². The van der Waals surface area contributed by atoms with Crippen molar-refractivity contribution in [2.45, 2.75) is 36.6 Å². The number of aromatic nitrogens is 1. The quantitative estimate of drug-likeness (QED) is 0.901. The molecule has 2 saturated carbocycles. The van der Waals surface area contributed by atoms with E-state index >= 15 is 0 Å². The van der Waals surface area contributed by atoms with E-state index in [0.29, 0.717) is 12.5 Å². The topological polar surface area (TPSA) is 76.3 Å². The fourth-order valence-corrected chi connectivity index (χ4v) is 4.03. The predicted molar refractivity (Wildman–Crippen MR) is 73.3 cm³/mol. The zero-order valence-corrected chi connectivity index (χ0v) is 12.0. The third-order valence-corrected chi connectivity index (χ3v) is 5.73. The molecule has 19 heavy (non-hydrogen) atoms. The number of sulfonamides is 1. The highest BCUT2D eigenvalue weighted by molar-refractivity contribution is 7.89. The maximum atomic E-state index is 12.6. The summed E-state index contributed by atoms with van der Waals surface area (Å²) in [4.78, 5) is 3.98. The fraction of sp³-hybridized carbons (Fsp3) is 0.583. The molecule has 0 unspecified atom stereocenters. The van der Waals surface area contributed by atoms with Crippen molar-refractivity contribution in [2.75, 3.05) is 12.3 Å². The van der Waals surface area contributed by atoms with Crippen molar-refractivity contribution in [3.8, 4) is 0 Å². The summed E-state index contributed by atoms with van der Waals surface area (Å²) in [6.07, 6.45) is 5.43. The standard InChI is InChI=1S/C12H16ClN3O2S/c13-11-5-10(6-15-12(11)14)19(17,18)16(9-3-4-9)7-8-1-2-8/h5-6,8-9H,1-4,7H2,(H2,14,15). The molecule has 0 amide bonds. The highest BCUT2D eigenvalue weighted by Gasteiger charge is 2.41. The SMILES string of the molecule is Nc1ncc(S(=O)(=O)N(CC2CC2)C2CC2)cc1Cl. The predicted octanol–water partition coefficient (Wildman–Crippen LogP) is 1.88. The first-order valence-corrected chi connectivity index (χ1v) is 8.23. The van der Waals surface area contributed by atoms with E-state index in [9.17, 15) is 8.42 Å². The molecule has 0 atom stereocenters. The molecule has 2 aliphatic carbocycles. The maximum Gasteiger partial charge on any atom is 0.244 e. The maximum absolute atomic E-state index is 12.6. The summed E-state index contributed by atoms with van der Waals surface area (Å²) in [5, 5.41) is 0.184. The Morgan fingerprint density at radius 1 is 1.37 bits per heavy atom. The number of rotatable bonds is 5. The van der Waals surface area contributed by atoms with Gasteiger partial charge in [0.1, 0.15) is 10.7 Å². The number of nitrogens with zero attached hydrogens (tertiary/aromatic N) is 2. The van der Waals surface area contributed by atoms with Gasteiger partial charge in [-0.15, -0.1) is 0 Å². The lowest BCUT2D eigenvalue weighted by molar-refractivity contribution is 0.388. The molecule has 1 heterocycles. The second-order valence-electron chi connectivity index (χ2n) is 5.29. The molecule has 0 saturated heterocycles. The van der Waals surface area contributed by atoms with Crippen molar-refractivity contribution in [3.05, 3.63) is 17.3 Å². The van der Waals surface area contributed by atoms with Crippen molar-refractivity contribution in [3.63, 3.8) is 0 Å². The number of halogens is 1. The van der Waals surface area contributed by atoms with Gasteiger partial charge in [-0.25, -0.2) is 13.4 Å². The lowest BCUT2D eigenvalue weighted by Crippen LogP contribution is -2.35. The molecule has 0 bridgehead atoms. The normalized spacial score (nSPS) is 19.9. The van der Waals surface area contributed by atoms with E-state index in [1.165, 1.54) is 12.3 Å². The Balaban J connectivity index is 1.92. The van der Waals surface area contributed by atoms with Crippen LogP contribution >= 0.6 is 11.6 Å². The van der Waals surface area contributed by atoms with Gasteiger partial charge in [-0.3, -0.25) is 0 Å². The van der Waals surface area contributed by atoms with Crippen LogP contribution in [0, 0.1) is 5.92 Å². The first-order valence-electron chi connectivity index (χ1n) is 6.41. The summed E-state index contributed by atoms with van der Waals surface area (Å²) in [7, 11) is -3.50. The Kier molecular flexibility index (Phi) is 3.19. The van der Waals surface area contributed by atoms with Gasteiger partial charge in [-0.2, -0.15) is 4.31 Å². The minimum atomic E-state index is -3.50. The van der Waals surface area contributed by atoms with Crippen LogP contribution in [0.3, 0.4) is 0 Å². The van der Waals surface area contributed by atoms with E-state index in [0.717, 1.165) is 25.7 Å². The van der Waals surface area contributed by atoms with E-state index in [-0.39, 0.29) is 21.8 Å². The zero-order valence-electron chi connectivity index (χ0n) is 10.4. The van der Waals surface area contributed by atoms with Gasteiger partial charge in [0.2, 0.25) is 10.0 Å². The molecule has 1 aromatic heterocycles. The summed E-state index contributed by atoms with van der Waals surface area (Å²) in [5.41, 5.74) is 5.52. The van der Waals surface area contributed by atoms with Gasteiger partial charge in [0.25, 0.3) is 0 Å². The van der Waals surface area contributed by atoms with Crippen molar-refractivity contribution >= 4 is 27.4 Å². The first-order chi connectivity index (χ1) is 8.98. The van der Waals surface area contributed by atoms with E-state index in [1.807, 2.05) is 0 Å². The van der Waals surface area contributed by atoms with Gasteiger partial charge in [0, 0.05) is 18.8 Å². The molecule has 3 rings (SSSR count). The minimum absolute atomic E-state index is 0.138. The average Bonchev–Trinajstić information content (AvgIpc) is 3.23. The Morgan fingerprint density at radius 3 is 2.58 bits per heavy atom. The number of hydrogen-bond donors (Lipinski definition) is 1. The van der Waals surface area contributed by atoms with Gasteiger partial charge in [0.15, 0.2) is 0 Å². The van der Waals surface area contributed by atoms with E-state index in [1.54, 1.807) is 4.31 Å². The zero-order chi connectivity index (χ0) is 13.6. The molecule has 2 aliphatic rings. The number of anilines is 1. The van der Waals surface area contributed by atoms with E-state index in [2.05, 4.69) is 4.98 Å². The van der Waals surface area contributed by atoms with Crippen molar-refractivity contribution in [1.82, 2.24) is 9.29 Å². The highest BCUT2D eigenvalue weighted by Crippen LogP contribution is 2.38. The molecule has 2 fully saturated rings. The van der Waals surface area contributed by atoms with E-state index < -0.39 is 10.0 Å². The van der Waals surface area contributed by atoms with Gasteiger partial charge < -0.3 is 5.73 Å². The van der Waals surface area contributed by atoms with Crippen LogP contribution in [0.4, 0.5) is 5.82 Å². The van der Waals surface area contributed by atoms with Gasteiger partial charge >= 0.3 is 0 Å². The fourth-order valence-electron chi connectivity index (χ4n) is 2.07. The highest BCUT2D eigenvalue weighted by atomic mass is 35.5. The monoisotopic (exact) mass is 301 g/mol. The van der Waals surface area contributed by atoms with Gasteiger partial charge in [-0.1, -0.05) is 11.6 Å². The first kappa shape index (κ1) is 13.1. The van der Waals surface area contributed by atoms with Crippen LogP contribution in [0.1, 0.15) is 25.7 Å². The lowest BCUT2D eigenvalue weighted by Gasteiger charge is -2.21. The molecule has 0 spiro atoms. The minimum Gasteiger partial charge on any atom is -0.382 e.